The van der Waals surface area contributed by atoms with E-state index in [1.165, 1.54) is 44.3 Å². The molecule has 0 aliphatic carbocycles. The summed E-state index contributed by atoms with van der Waals surface area (Å²) < 4.78 is 2.29. The second-order valence-electron chi connectivity index (χ2n) is 6.99. The van der Waals surface area contributed by atoms with Crippen molar-refractivity contribution in [1.29, 1.82) is 0 Å². The van der Waals surface area contributed by atoms with Gasteiger partial charge in [-0.15, -0.1) is 0 Å². The van der Waals surface area contributed by atoms with Crippen LogP contribution in [0.1, 0.15) is 28.4 Å². The fraction of sp³-hybridized carbons (Fsp3) is 0.273. The number of aromatic nitrogens is 2. The second-order valence-corrected chi connectivity index (χ2v) is 6.99. The van der Waals surface area contributed by atoms with Gasteiger partial charge in [-0.1, -0.05) is 36.4 Å². The molecule has 3 heteroatoms. The van der Waals surface area contributed by atoms with Crippen molar-refractivity contribution in [3.05, 3.63) is 71.0 Å². The van der Waals surface area contributed by atoms with Crippen LogP contribution >= 0.6 is 0 Å². The first-order valence-corrected chi connectivity index (χ1v) is 8.92. The van der Waals surface area contributed by atoms with Gasteiger partial charge in [0.2, 0.25) is 0 Å². The summed E-state index contributed by atoms with van der Waals surface area (Å²) in [5.41, 5.74) is 14.1. The molecule has 2 heterocycles. The Kier molecular flexibility index (Phi) is 3.89. The highest BCUT2D eigenvalue weighted by atomic mass is 14.9. The van der Waals surface area contributed by atoms with Crippen LogP contribution < -0.4 is 5.73 Å². The zero-order chi connectivity index (χ0) is 17.6. The highest BCUT2D eigenvalue weighted by Crippen LogP contribution is 2.34. The van der Waals surface area contributed by atoms with Crippen molar-refractivity contribution in [3.8, 4) is 0 Å². The summed E-state index contributed by atoms with van der Waals surface area (Å²) in [7, 11) is 2.15. The van der Waals surface area contributed by atoms with Crippen LogP contribution in [-0.2, 0) is 13.5 Å². The molecule has 0 spiro atoms. The number of rotatable bonds is 4. The average molecular weight is 331 g/mol. The molecular weight excluding hydrogens is 306 g/mol. The van der Waals surface area contributed by atoms with Crippen molar-refractivity contribution < 1.29 is 0 Å². The molecule has 0 fully saturated rings. The molecule has 0 saturated carbocycles. The minimum atomic E-state index is 0.306. The summed E-state index contributed by atoms with van der Waals surface area (Å²) in [6.45, 7) is 5.02. The van der Waals surface area contributed by atoms with Crippen molar-refractivity contribution >= 4 is 21.8 Å². The van der Waals surface area contributed by atoms with Crippen LogP contribution in [0.5, 0.6) is 0 Å². The summed E-state index contributed by atoms with van der Waals surface area (Å²) in [5.74, 6) is 0.306. The van der Waals surface area contributed by atoms with Crippen LogP contribution in [0, 0.1) is 13.8 Å². The van der Waals surface area contributed by atoms with E-state index in [0.717, 1.165) is 6.42 Å². The molecule has 1 unspecified atom stereocenters. The lowest BCUT2D eigenvalue weighted by atomic mass is 9.89. The molecule has 0 saturated heterocycles. The third-order valence-corrected chi connectivity index (χ3v) is 5.62. The van der Waals surface area contributed by atoms with Crippen molar-refractivity contribution in [2.24, 2.45) is 12.8 Å². The van der Waals surface area contributed by atoms with Gasteiger partial charge >= 0.3 is 0 Å². The number of hydrogen-bond donors (Lipinski definition) is 2. The Morgan fingerprint density at radius 3 is 2.44 bits per heavy atom. The Morgan fingerprint density at radius 1 is 1.00 bits per heavy atom. The molecule has 0 aliphatic rings. The molecule has 1 atom stereocenters. The summed E-state index contributed by atoms with van der Waals surface area (Å²) in [5, 5.41) is 2.65. The number of aryl methyl sites for hydroxylation is 2. The van der Waals surface area contributed by atoms with Gasteiger partial charge in [0, 0.05) is 46.2 Å². The lowest BCUT2D eigenvalue weighted by Gasteiger charge is -2.16. The summed E-state index contributed by atoms with van der Waals surface area (Å²) in [4.78, 5) is 3.52. The number of hydrogen-bond acceptors (Lipinski definition) is 1. The van der Waals surface area contributed by atoms with Crippen molar-refractivity contribution in [2.75, 3.05) is 6.54 Å². The minimum absolute atomic E-state index is 0.306. The fourth-order valence-electron chi connectivity index (χ4n) is 4.23. The number of nitrogens with two attached hydrogens (primary N) is 1. The minimum Gasteiger partial charge on any atom is -0.358 e. The molecule has 0 bridgehead atoms. The van der Waals surface area contributed by atoms with Crippen molar-refractivity contribution in [2.45, 2.75) is 26.2 Å². The van der Waals surface area contributed by atoms with Gasteiger partial charge in [0.15, 0.2) is 0 Å². The van der Waals surface area contributed by atoms with E-state index in [4.69, 9.17) is 5.73 Å². The maximum atomic E-state index is 6.25. The molecule has 25 heavy (non-hydrogen) atoms. The zero-order valence-corrected chi connectivity index (χ0v) is 15.1. The van der Waals surface area contributed by atoms with E-state index >= 15 is 0 Å². The Morgan fingerprint density at radius 2 is 1.68 bits per heavy atom. The third-order valence-electron chi connectivity index (χ3n) is 5.62. The van der Waals surface area contributed by atoms with E-state index in [-0.39, 0.29) is 0 Å². The predicted molar refractivity (Wildman–Crippen MR) is 106 cm³/mol. The number of benzene rings is 2. The number of fused-ring (bicyclic) bond motifs is 2. The lowest BCUT2D eigenvalue weighted by Crippen LogP contribution is -2.16. The Bertz CT molecular complexity index is 1050. The standard InChI is InChI=1S/C22H25N3/c1-14-22(18-9-4-6-10-20(18)24-14)16(13-23)12-19-15(2)25(3)21-11-7-5-8-17(19)21/h4-11,16,24H,12-13,23H2,1-3H3. The Balaban J connectivity index is 1.84. The SMILES string of the molecule is Cc1[nH]c2ccccc2c1C(CN)Cc1c(C)n(C)c2ccccc12. The normalized spacial score (nSPS) is 13.0. The third kappa shape index (κ3) is 2.47. The smallest absolute Gasteiger partial charge is 0.0482 e. The molecular formula is C22H25N3. The van der Waals surface area contributed by atoms with Gasteiger partial charge in [0.05, 0.1) is 0 Å². The van der Waals surface area contributed by atoms with Gasteiger partial charge in [-0.2, -0.15) is 0 Å². The number of nitrogens with zero attached hydrogens (tertiary/aromatic N) is 1. The van der Waals surface area contributed by atoms with E-state index in [1.54, 1.807) is 0 Å². The van der Waals surface area contributed by atoms with Crippen LogP contribution in [0.15, 0.2) is 48.5 Å². The van der Waals surface area contributed by atoms with Gasteiger partial charge in [0.1, 0.15) is 0 Å². The van der Waals surface area contributed by atoms with E-state index in [1.807, 2.05) is 0 Å². The number of aromatic amines is 1. The monoisotopic (exact) mass is 331 g/mol. The van der Waals surface area contributed by atoms with E-state index in [9.17, 15) is 0 Å². The van der Waals surface area contributed by atoms with Crippen LogP contribution in [0.4, 0.5) is 0 Å². The van der Waals surface area contributed by atoms with Crippen LogP contribution in [0.25, 0.3) is 21.8 Å². The van der Waals surface area contributed by atoms with Crippen molar-refractivity contribution in [3.63, 3.8) is 0 Å². The maximum absolute atomic E-state index is 6.25. The molecule has 2 aromatic carbocycles. The molecule has 0 amide bonds. The molecule has 3 N–H and O–H groups in total. The molecule has 0 aliphatic heterocycles. The number of para-hydroxylation sites is 2. The average Bonchev–Trinajstić information content (AvgIpc) is 3.08. The van der Waals surface area contributed by atoms with Crippen LogP contribution in [-0.4, -0.2) is 16.1 Å². The molecule has 128 valence electrons. The predicted octanol–water partition coefficient (Wildman–Crippen LogP) is 4.56. The highest BCUT2D eigenvalue weighted by Gasteiger charge is 2.21. The topological polar surface area (TPSA) is 46.7 Å². The van der Waals surface area contributed by atoms with Gasteiger partial charge in [-0.3, -0.25) is 0 Å². The Hall–Kier alpha value is -2.52. The van der Waals surface area contributed by atoms with Gasteiger partial charge in [-0.05, 0) is 50.1 Å². The van der Waals surface area contributed by atoms with E-state index in [0.29, 0.717) is 12.5 Å². The van der Waals surface area contributed by atoms with Gasteiger partial charge in [-0.25, -0.2) is 0 Å². The first kappa shape index (κ1) is 16.0. The summed E-state index contributed by atoms with van der Waals surface area (Å²) >= 11 is 0. The molecule has 3 nitrogen and oxygen atoms in total. The molecule has 0 radical (unpaired) electrons. The molecule has 4 rings (SSSR count). The number of nitrogens with one attached hydrogen (secondary N) is 1. The van der Waals surface area contributed by atoms with E-state index < -0.39 is 0 Å². The maximum Gasteiger partial charge on any atom is 0.0482 e. The van der Waals surface area contributed by atoms with Gasteiger partial charge in [0.25, 0.3) is 0 Å². The molecule has 4 aromatic rings. The second kappa shape index (κ2) is 6.08. The summed E-state index contributed by atoms with van der Waals surface area (Å²) in [6.07, 6.45) is 0.965. The van der Waals surface area contributed by atoms with Crippen LogP contribution in [0.2, 0.25) is 0 Å². The first-order chi connectivity index (χ1) is 12.1. The van der Waals surface area contributed by atoms with E-state index in [2.05, 4.69) is 79.0 Å². The lowest BCUT2D eigenvalue weighted by molar-refractivity contribution is 0.691. The largest absolute Gasteiger partial charge is 0.358 e. The van der Waals surface area contributed by atoms with Crippen LogP contribution in [0.3, 0.4) is 0 Å². The van der Waals surface area contributed by atoms with Crippen molar-refractivity contribution in [1.82, 2.24) is 9.55 Å². The quantitative estimate of drug-likeness (QED) is 0.566. The first-order valence-electron chi connectivity index (χ1n) is 8.92. The fourth-order valence-corrected chi connectivity index (χ4v) is 4.23. The highest BCUT2D eigenvalue weighted by molar-refractivity contribution is 5.87. The Labute approximate surface area is 148 Å². The zero-order valence-electron chi connectivity index (χ0n) is 15.1. The number of H-pyrrole nitrogens is 1. The summed E-state index contributed by atoms with van der Waals surface area (Å²) in [6, 6.07) is 17.2. The molecule has 2 aromatic heterocycles. The van der Waals surface area contributed by atoms with Gasteiger partial charge < -0.3 is 15.3 Å².